The maximum atomic E-state index is 13.4. The molecule has 43 heavy (non-hydrogen) atoms. The summed E-state index contributed by atoms with van der Waals surface area (Å²) in [6.45, 7) is 0. The van der Waals surface area contributed by atoms with Gasteiger partial charge in [-0.25, -0.2) is 0 Å². The van der Waals surface area contributed by atoms with E-state index in [4.69, 9.17) is 11.6 Å². The quantitative estimate of drug-likeness (QED) is 0.135. The molecule has 0 saturated carbocycles. The van der Waals surface area contributed by atoms with Crippen LogP contribution in [0.1, 0.15) is 31.8 Å². The van der Waals surface area contributed by atoms with E-state index < -0.39 is 11.8 Å². The van der Waals surface area contributed by atoms with Gasteiger partial charge in [-0.2, -0.15) is 0 Å². The van der Waals surface area contributed by atoms with Crippen molar-refractivity contribution in [1.82, 2.24) is 5.32 Å². The number of anilines is 1. The number of nitrogens with one attached hydrogen (secondary N) is 2. The van der Waals surface area contributed by atoms with Crippen molar-refractivity contribution in [2.45, 2.75) is 0 Å². The van der Waals surface area contributed by atoms with Crippen molar-refractivity contribution >= 4 is 47.0 Å². The van der Waals surface area contributed by atoms with Crippen LogP contribution < -0.4 is 10.6 Å². The topological polar surface area (TPSA) is 75.3 Å². The lowest BCUT2D eigenvalue weighted by atomic mass is 10.0. The first-order valence-corrected chi connectivity index (χ1v) is 14.0. The van der Waals surface area contributed by atoms with Crippen LogP contribution in [0, 0.1) is 0 Å². The molecule has 0 aliphatic heterocycles. The molecule has 0 aliphatic rings. The van der Waals surface area contributed by atoms with Crippen LogP contribution in [0.5, 0.6) is 0 Å². The summed E-state index contributed by atoms with van der Waals surface area (Å²) in [7, 11) is 0. The van der Waals surface area contributed by atoms with E-state index in [1.807, 2.05) is 72.8 Å². The standard InChI is InChI=1S/C37H27ClN2O3/c38-32-20-13-26(14-21-32)15-24-35(41)30-18-22-33(23-19-30)39-37(43)34(40-36(42)31-9-5-2-6-10-31)25-27-11-16-29(17-12-27)28-7-3-1-4-8-28/h1-25H,(H,39,43)(H,40,42)/b24-15+,34-25-. The molecule has 0 aromatic heterocycles. The number of allylic oxidation sites excluding steroid dienone is 1. The lowest BCUT2D eigenvalue weighted by Crippen LogP contribution is -2.30. The first-order chi connectivity index (χ1) is 20.9. The average molecular weight is 583 g/mol. The van der Waals surface area contributed by atoms with Gasteiger partial charge < -0.3 is 10.6 Å². The highest BCUT2D eigenvalue weighted by Gasteiger charge is 2.15. The summed E-state index contributed by atoms with van der Waals surface area (Å²) in [5, 5.41) is 6.20. The molecule has 5 aromatic rings. The number of carbonyl (C=O) groups is 3. The number of carbonyl (C=O) groups excluding carboxylic acids is 3. The molecule has 0 aliphatic carbocycles. The zero-order valence-corrected chi connectivity index (χ0v) is 23.8. The number of hydrogen-bond acceptors (Lipinski definition) is 3. The van der Waals surface area contributed by atoms with Gasteiger partial charge in [-0.3, -0.25) is 14.4 Å². The van der Waals surface area contributed by atoms with Gasteiger partial charge in [0.1, 0.15) is 5.70 Å². The third-order valence-electron chi connectivity index (χ3n) is 6.58. The lowest BCUT2D eigenvalue weighted by Gasteiger charge is -2.12. The van der Waals surface area contributed by atoms with Gasteiger partial charge in [0.25, 0.3) is 11.8 Å². The van der Waals surface area contributed by atoms with Gasteiger partial charge in [0.15, 0.2) is 5.78 Å². The summed E-state index contributed by atoms with van der Waals surface area (Å²) in [6.07, 6.45) is 4.83. The Hall–Kier alpha value is -5.52. The summed E-state index contributed by atoms with van der Waals surface area (Å²) in [5.41, 5.74) is 5.16. The number of hydrogen-bond donors (Lipinski definition) is 2. The Morgan fingerprint density at radius 2 is 1.16 bits per heavy atom. The van der Waals surface area contributed by atoms with Crippen LogP contribution >= 0.6 is 11.6 Å². The van der Waals surface area contributed by atoms with Gasteiger partial charge in [0, 0.05) is 21.8 Å². The Labute approximate surface area is 255 Å². The molecule has 5 rings (SSSR count). The van der Waals surface area contributed by atoms with Crippen LogP contribution in [0.25, 0.3) is 23.3 Å². The van der Waals surface area contributed by atoms with E-state index in [9.17, 15) is 14.4 Å². The second-order valence-electron chi connectivity index (χ2n) is 9.65. The maximum Gasteiger partial charge on any atom is 0.272 e. The van der Waals surface area contributed by atoms with Gasteiger partial charge in [-0.1, -0.05) is 103 Å². The van der Waals surface area contributed by atoms with Crippen molar-refractivity contribution in [3.63, 3.8) is 0 Å². The van der Waals surface area contributed by atoms with E-state index in [1.165, 1.54) is 6.08 Å². The monoisotopic (exact) mass is 582 g/mol. The van der Waals surface area contributed by atoms with Gasteiger partial charge in [0.2, 0.25) is 0 Å². The molecule has 5 aromatic carbocycles. The highest BCUT2D eigenvalue weighted by atomic mass is 35.5. The Balaban J connectivity index is 1.32. The number of amides is 2. The summed E-state index contributed by atoms with van der Waals surface area (Å²) in [6, 6.07) is 40.1. The molecular formula is C37H27ClN2O3. The molecule has 0 saturated heterocycles. The number of rotatable bonds is 9. The Morgan fingerprint density at radius 3 is 1.81 bits per heavy atom. The van der Waals surface area contributed by atoms with Gasteiger partial charge >= 0.3 is 0 Å². The van der Waals surface area contributed by atoms with E-state index in [2.05, 4.69) is 10.6 Å². The molecule has 0 bridgehead atoms. The van der Waals surface area contributed by atoms with E-state index in [0.717, 1.165) is 22.3 Å². The maximum absolute atomic E-state index is 13.4. The van der Waals surface area contributed by atoms with Crippen LogP contribution in [0.15, 0.2) is 145 Å². The van der Waals surface area contributed by atoms with E-state index in [1.54, 1.807) is 72.8 Å². The summed E-state index contributed by atoms with van der Waals surface area (Å²) in [5.74, 6) is -1.09. The first kappa shape index (κ1) is 29.0. The Morgan fingerprint density at radius 1 is 0.581 bits per heavy atom. The molecule has 0 spiro atoms. The SMILES string of the molecule is O=C(Nc1ccc(C(=O)/C=C/c2ccc(Cl)cc2)cc1)/C(=C/c1ccc(-c2ccccc2)cc1)NC(=O)c1ccccc1. The zero-order valence-electron chi connectivity index (χ0n) is 23.0. The van der Waals surface area contributed by atoms with Crippen LogP contribution in [-0.2, 0) is 4.79 Å². The molecule has 0 radical (unpaired) electrons. The third kappa shape index (κ3) is 8.03. The van der Waals surface area contributed by atoms with Gasteiger partial charge in [-0.05, 0) is 82.9 Å². The van der Waals surface area contributed by atoms with Crippen LogP contribution in [0.3, 0.4) is 0 Å². The Bertz CT molecular complexity index is 1780. The van der Waals surface area contributed by atoms with Crippen molar-refractivity contribution < 1.29 is 14.4 Å². The highest BCUT2D eigenvalue weighted by molar-refractivity contribution is 6.30. The molecule has 5 nitrogen and oxygen atoms in total. The van der Waals surface area contributed by atoms with Crippen molar-refractivity contribution in [3.05, 3.63) is 173 Å². The Kier molecular flexibility index (Phi) is 9.37. The predicted molar refractivity (Wildman–Crippen MR) is 174 cm³/mol. The first-order valence-electron chi connectivity index (χ1n) is 13.6. The van der Waals surface area contributed by atoms with Crippen LogP contribution in [-0.4, -0.2) is 17.6 Å². The van der Waals surface area contributed by atoms with Crippen molar-refractivity contribution in [2.75, 3.05) is 5.32 Å². The number of halogens is 1. The molecule has 0 unspecified atom stereocenters. The van der Waals surface area contributed by atoms with E-state index in [-0.39, 0.29) is 11.5 Å². The minimum Gasteiger partial charge on any atom is -0.321 e. The second-order valence-corrected chi connectivity index (χ2v) is 10.1. The molecular weight excluding hydrogens is 556 g/mol. The summed E-state index contributed by atoms with van der Waals surface area (Å²) >= 11 is 5.92. The molecule has 2 N–H and O–H groups in total. The number of benzene rings is 5. The zero-order chi connectivity index (χ0) is 30.0. The van der Waals surface area contributed by atoms with Gasteiger partial charge in [0.05, 0.1) is 0 Å². The van der Waals surface area contributed by atoms with E-state index >= 15 is 0 Å². The largest absolute Gasteiger partial charge is 0.321 e. The predicted octanol–water partition coefficient (Wildman–Crippen LogP) is 8.31. The van der Waals surface area contributed by atoms with Gasteiger partial charge in [-0.15, -0.1) is 0 Å². The molecule has 0 fully saturated rings. The van der Waals surface area contributed by atoms with Crippen LogP contribution in [0.4, 0.5) is 5.69 Å². The average Bonchev–Trinajstić information content (AvgIpc) is 3.05. The summed E-state index contributed by atoms with van der Waals surface area (Å²) in [4.78, 5) is 39.0. The smallest absolute Gasteiger partial charge is 0.272 e. The third-order valence-corrected chi connectivity index (χ3v) is 6.83. The lowest BCUT2D eigenvalue weighted by molar-refractivity contribution is -0.113. The van der Waals surface area contributed by atoms with Crippen molar-refractivity contribution in [1.29, 1.82) is 0 Å². The fourth-order valence-electron chi connectivity index (χ4n) is 4.27. The highest BCUT2D eigenvalue weighted by Crippen LogP contribution is 2.21. The molecule has 6 heteroatoms. The second kappa shape index (κ2) is 13.9. The number of ketones is 1. The van der Waals surface area contributed by atoms with Crippen molar-refractivity contribution in [3.8, 4) is 11.1 Å². The fraction of sp³-hybridized carbons (Fsp3) is 0. The van der Waals surface area contributed by atoms with Crippen LogP contribution in [0.2, 0.25) is 5.02 Å². The summed E-state index contributed by atoms with van der Waals surface area (Å²) < 4.78 is 0. The molecule has 0 heterocycles. The molecule has 0 atom stereocenters. The normalized spacial score (nSPS) is 11.2. The van der Waals surface area contributed by atoms with E-state index in [0.29, 0.717) is 21.8 Å². The van der Waals surface area contributed by atoms with Crippen molar-refractivity contribution in [2.24, 2.45) is 0 Å². The minimum absolute atomic E-state index is 0.0763. The minimum atomic E-state index is -0.502. The fourth-order valence-corrected chi connectivity index (χ4v) is 4.40. The molecule has 210 valence electrons. The molecule has 2 amide bonds.